The van der Waals surface area contributed by atoms with Gasteiger partial charge in [-0.1, -0.05) is 261 Å². The van der Waals surface area contributed by atoms with Crippen LogP contribution in [0.1, 0.15) is 271 Å². The molecular formula is C97H147N10P2U5V2-. The van der Waals surface area contributed by atoms with Crippen LogP contribution in [-0.4, -0.2) is 14.1 Å². The summed E-state index contributed by atoms with van der Waals surface area (Å²) in [6.45, 7) is 84.2. The molecule has 0 amide bonds. The number of benzene rings is 7. The first-order valence-electron chi connectivity index (χ1n) is 35.9. The van der Waals surface area contributed by atoms with Crippen molar-refractivity contribution in [2.75, 3.05) is 14.1 Å². The van der Waals surface area contributed by atoms with Crippen LogP contribution in [0.2, 0.25) is 0 Å². The molecule has 10 nitrogen and oxygen atoms in total. The summed E-state index contributed by atoms with van der Waals surface area (Å²) >= 11 is 0. The molecule has 7 rings (SSSR count). The molecule has 19 heteroatoms. The molecule has 0 aliphatic rings. The normalized spacial score (nSPS) is 8.89. The van der Waals surface area contributed by atoms with E-state index in [1.54, 1.807) is 18.8 Å². The van der Waals surface area contributed by atoms with E-state index in [1.807, 2.05) is 34.6 Å². The van der Waals surface area contributed by atoms with E-state index in [-0.39, 0.29) is 227 Å². The van der Waals surface area contributed by atoms with Gasteiger partial charge >= 0.3 is 162 Å². The molecule has 116 heavy (non-hydrogen) atoms. The van der Waals surface area contributed by atoms with E-state index < -0.39 is 0 Å². The topological polar surface area (TPSA) is 248 Å². The Hall–Kier alpha value is -1.44. The molecule has 0 fully saturated rings. The Bertz CT molecular complexity index is 3610. The molecule has 7 aromatic rings. The summed E-state index contributed by atoms with van der Waals surface area (Å²) in [6.07, 6.45) is 0. The van der Waals surface area contributed by atoms with E-state index in [4.69, 9.17) is 48.8 Å². The van der Waals surface area contributed by atoms with Crippen molar-refractivity contribution in [3.8, 4) is 30.3 Å². The van der Waals surface area contributed by atoms with Crippen LogP contribution in [-0.2, 0) is 37.1 Å². The standard InChI is InChI=1S/C14H19N.4C14H18N.2C11H15.2CH4N.CH4.2CH3.2H3NP.H2N.5U.2V/c5*1-8(7-15)14-12(5)10(3)9(2)11(4)13(14)6;2*1-7-6-8(2)10(4)11(5)9(7)3;2*1-2;;;;2*1-2;;;;;;;;/h8H,1-6H3;4*1-6H3;2*1-5H3;2*2H,1H3;1H4;2*1H3;2*1H,2H2;1H2;;;;;;;/q;8*-1;;5*-1;;6*+2. The zero-order valence-corrected chi connectivity index (χ0v) is 105. The van der Waals surface area contributed by atoms with Gasteiger partial charge in [0, 0.05) is 55.4 Å². The van der Waals surface area contributed by atoms with Crippen molar-refractivity contribution in [3.05, 3.63) is 302 Å². The number of rotatable bonds is 5. The minimum atomic E-state index is -0.0111. The molecule has 6 N–H and O–H groups in total. The van der Waals surface area contributed by atoms with Crippen molar-refractivity contribution in [1.29, 1.82) is 26.3 Å². The molecule has 2 radical (unpaired) electrons. The average Bonchev–Trinajstić information content (AvgIpc) is 0.804. The van der Waals surface area contributed by atoms with E-state index >= 15 is 0 Å². The summed E-state index contributed by atoms with van der Waals surface area (Å²) in [5.74, 6) is 3.25. The molecule has 0 bridgehead atoms. The predicted molar refractivity (Wildman–Crippen MR) is 491 cm³/mol. The summed E-state index contributed by atoms with van der Waals surface area (Å²) < 4.78 is 0. The van der Waals surface area contributed by atoms with Crippen LogP contribution in [0.3, 0.4) is 0 Å². The van der Waals surface area contributed by atoms with Gasteiger partial charge in [0.15, 0.2) is 0 Å². The number of nitriles is 5. The van der Waals surface area contributed by atoms with Gasteiger partial charge in [0.2, 0.25) is 0 Å². The van der Waals surface area contributed by atoms with Crippen LogP contribution >= 0.6 is 18.8 Å². The first kappa shape index (κ1) is 149. The number of nitrogens with zero attached hydrogens (tertiary/aromatic N) is 5. The Balaban J connectivity index is -0.0000000767. The van der Waals surface area contributed by atoms with E-state index in [0.717, 1.165) is 45.9 Å². The van der Waals surface area contributed by atoms with Gasteiger partial charge in [-0.15, -0.1) is 89.0 Å². The molecule has 0 saturated carbocycles. The second-order valence-electron chi connectivity index (χ2n) is 27.8. The van der Waals surface area contributed by atoms with E-state index in [9.17, 15) is 0 Å². The van der Waals surface area contributed by atoms with Crippen LogP contribution < -0.4 is 0 Å². The van der Waals surface area contributed by atoms with Gasteiger partial charge in [0.25, 0.3) is 0 Å². The van der Waals surface area contributed by atoms with Gasteiger partial charge in [-0.25, -0.2) is 21.0 Å². The minimum absolute atomic E-state index is 0. The zero-order chi connectivity index (χ0) is 83.9. The molecule has 0 aliphatic carbocycles. The van der Waals surface area contributed by atoms with E-state index in [2.05, 4.69) is 285 Å². The average molecular weight is 2810 g/mol. The van der Waals surface area contributed by atoms with Crippen LogP contribution in [0.4, 0.5) is 0 Å². The van der Waals surface area contributed by atoms with Crippen LogP contribution in [0.5, 0.6) is 0 Å². The van der Waals surface area contributed by atoms with E-state index in [0.29, 0.717) is 0 Å². The first-order valence-corrected chi connectivity index (χ1v) is 37.0. The molecule has 0 spiro atoms. The third kappa shape index (κ3) is 39.4. The maximum atomic E-state index is 9.04. The smallest absolute Gasteiger partial charge is 0.693 e. The maximum absolute atomic E-state index is 9.04. The number of hydrogen-bond acceptors (Lipinski definition) is 5. The largest absolute Gasteiger partial charge is 2.00 e. The van der Waals surface area contributed by atoms with Gasteiger partial charge in [0.1, 0.15) is 0 Å². The van der Waals surface area contributed by atoms with Gasteiger partial charge < -0.3 is 43.5 Å². The minimum Gasteiger partial charge on any atom is -0.693 e. The van der Waals surface area contributed by atoms with Gasteiger partial charge in [-0.2, -0.15) is 109 Å². The van der Waals surface area contributed by atoms with Crippen molar-refractivity contribution in [3.63, 3.8) is 0 Å². The quantitative estimate of drug-likeness (QED) is 0.120. The summed E-state index contributed by atoms with van der Waals surface area (Å²) in [5, 5.41) is 45.0. The molecule has 0 saturated heterocycles. The summed E-state index contributed by atoms with van der Waals surface area (Å²) in [7, 11) is 5.83. The van der Waals surface area contributed by atoms with Gasteiger partial charge in [-0.05, 0) is 103 Å². The second-order valence-corrected chi connectivity index (χ2v) is 27.8. The Morgan fingerprint density at radius 1 is 0.259 bits per heavy atom. The Morgan fingerprint density at radius 2 is 0.362 bits per heavy atom. The number of aryl methyl sites for hydroxylation is 4. The fourth-order valence-corrected chi connectivity index (χ4v) is 13.3. The van der Waals surface area contributed by atoms with Crippen molar-refractivity contribution >= 4 is 18.8 Å². The van der Waals surface area contributed by atoms with E-state index in [1.165, 1.54) is 214 Å². The summed E-state index contributed by atoms with van der Waals surface area (Å²) in [4.78, 5) is 0. The molecular weight excluding hydrogens is 2660 g/mol. The fraction of sp³-hybridized carbons (Fsp3) is 0.454. The number of hydrogen-bond donors (Lipinski definition) is 0. The zero-order valence-electron chi connectivity index (χ0n) is 79.4. The second kappa shape index (κ2) is 72.8. The predicted octanol–water partition coefficient (Wildman–Crippen LogP) is 29.9. The van der Waals surface area contributed by atoms with Crippen molar-refractivity contribution < 1.29 is 193 Å². The third-order valence-corrected chi connectivity index (χ3v) is 23.1. The molecule has 3 unspecified atom stereocenters. The van der Waals surface area contributed by atoms with Crippen LogP contribution in [0.25, 0.3) is 28.6 Å². The monoisotopic (exact) mass is 2810 g/mol. The molecule has 0 aromatic heterocycles. The first-order chi connectivity index (χ1) is 48.6. The van der Waals surface area contributed by atoms with Crippen molar-refractivity contribution in [2.24, 2.45) is 0 Å². The van der Waals surface area contributed by atoms with Crippen molar-refractivity contribution in [2.45, 2.75) is 290 Å². The number of nitrogens with one attached hydrogen (secondary N) is 4. The van der Waals surface area contributed by atoms with Crippen LogP contribution in [0.15, 0.2) is 0 Å². The maximum Gasteiger partial charge on any atom is 2.00 e. The molecule has 3 atom stereocenters. The third-order valence-electron chi connectivity index (χ3n) is 23.1. The summed E-state index contributed by atoms with van der Waals surface area (Å²) in [5.41, 5.74) is 74.5. The molecule has 0 aliphatic heterocycles. The molecule has 0 heterocycles. The van der Waals surface area contributed by atoms with Crippen LogP contribution in [0, 0.1) is 505 Å². The number of nitrogens with two attached hydrogens (primary N) is 1. The van der Waals surface area contributed by atoms with Gasteiger partial charge in [0.05, 0.1) is 12.0 Å². The Morgan fingerprint density at radius 3 is 0.474 bits per heavy atom. The Kier molecular flexibility index (Phi) is 93.6. The molecule has 7 aromatic carbocycles. The van der Waals surface area contributed by atoms with Crippen molar-refractivity contribution in [1.82, 2.24) is 0 Å². The SMILES string of the molecule is C.C[NH-].C[NH-].Cc1[c-]c(C)c(C)c(C)c1C.Cc1[c-]c(C)c(C)c(C)c1C.Cc1c(C)c(C)c(C(C)C#N)c(C)c1C.Cc1c(C)c(C)c([C-](C)C#N)c(C)c1C.Cc1c(C)c(C)c([C-](C)C#N)c(C)c1C.Cc1c(C)c(C)c([C-](C)C#N)c(C)c1C.Cc1c(C)c(C)c([C-](C)C#N)c(C)c1C.[CH3-].[CH3-].[NH-]P.[NH-]P.[NH2-].[U+2].[U+2].[U+2].[U+2].[U].[V+2].[V+2]. The molecule has 626 valence electrons. The van der Waals surface area contributed by atoms with Gasteiger partial charge in [-0.3, -0.25) is 18.8 Å². The fourth-order valence-electron chi connectivity index (χ4n) is 13.3. The Labute approximate surface area is 863 Å². The summed E-state index contributed by atoms with van der Waals surface area (Å²) in [6, 6.07) is 18.0.